The van der Waals surface area contributed by atoms with E-state index < -0.39 is 0 Å². The number of rotatable bonds is 13. The third-order valence-electron chi connectivity index (χ3n) is 6.19. The van der Waals surface area contributed by atoms with Gasteiger partial charge >= 0.3 is 0 Å². The number of pyridine rings is 1. The Balaban J connectivity index is 0.00000100. The number of carbonyl (C=O) groups is 2. The van der Waals surface area contributed by atoms with Crippen molar-refractivity contribution < 1.29 is 24.5 Å². The third kappa shape index (κ3) is 10.7. The van der Waals surface area contributed by atoms with Crippen LogP contribution in [0.1, 0.15) is 86.4 Å². The van der Waals surface area contributed by atoms with Gasteiger partial charge in [0.05, 0.1) is 24.2 Å². The Hall–Kier alpha value is -2.75. The molecule has 0 saturated carbocycles. The van der Waals surface area contributed by atoms with E-state index in [1.54, 1.807) is 0 Å². The molecule has 0 aliphatic rings. The third-order valence-corrected chi connectivity index (χ3v) is 6.19. The summed E-state index contributed by atoms with van der Waals surface area (Å²) in [5.74, 6) is 2.30. The van der Waals surface area contributed by atoms with E-state index in [0.717, 1.165) is 60.1 Å². The van der Waals surface area contributed by atoms with Crippen molar-refractivity contribution >= 4 is 51.7 Å². The van der Waals surface area contributed by atoms with Gasteiger partial charge < -0.3 is 30.0 Å². The van der Waals surface area contributed by atoms with E-state index in [1.165, 1.54) is 6.92 Å². The number of nitrogens with two attached hydrogens (primary N) is 1. The van der Waals surface area contributed by atoms with Crippen LogP contribution in [-0.4, -0.2) is 56.1 Å². The quantitative estimate of drug-likeness (QED) is 0.219. The fraction of sp³-hybridized carbons (Fsp3) is 0.600. The molecular formula is C30H49ClN4O5. The SMILES string of the molecule is C.CC(=O)CCC(=O)C(C)(C)C.CCCCc1nc2c(N)nc3cc(OCCCCO)ccc3c2n1CCO.Cl. The maximum absolute atomic E-state index is 11.2. The molecule has 0 bridgehead atoms. The Morgan fingerprint density at radius 1 is 1.05 bits per heavy atom. The first kappa shape index (κ1) is 37.2. The summed E-state index contributed by atoms with van der Waals surface area (Å²) in [4.78, 5) is 31.0. The highest BCUT2D eigenvalue weighted by Gasteiger charge is 2.20. The van der Waals surface area contributed by atoms with Gasteiger partial charge in [0.15, 0.2) is 5.82 Å². The summed E-state index contributed by atoms with van der Waals surface area (Å²) in [5.41, 5.74) is 8.27. The topological polar surface area (TPSA) is 141 Å². The Morgan fingerprint density at radius 2 is 1.75 bits per heavy atom. The molecule has 3 aromatic rings. The van der Waals surface area contributed by atoms with Crippen molar-refractivity contribution in [2.24, 2.45) is 5.41 Å². The van der Waals surface area contributed by atoms with Crippen LogP contribution in [0.5, 0.6) is 5.75 Å². The van der Waals surface area contributed by atoms with E-state index in [0.29, 0.717) is 37.3 Å². The summed E-state index contributed by atoms with van der Waals surface area (Å²) in [5, 5.41) is 19.3. The van der Waals surface area contributed by atoms with E-state index in [1.807, 2.05) is 39.0 Å². The van der Waals surface area contributed by atoms with Crippen molar-refractivity contribution in [3.05, 3.63) is 24.0 Å². The molecule has 9 nitrogen and oxygen atoms in total. The fourth-order valence-corrected chi connectivity index (χ4v) is 3.96. The number of carbonyl (C=O) groups excluding carboxylic acids is 2. The molecule has 2 heterocycles. The first-order chi connectivity index (χ1) is 18.0. The molecule has 0 atom stereocenters. The van der Waals surface area contributed by atoms with Crippen molar-refractivity contribution in [1.82, 2.24) is 14.5 Å². The molecule has 0 aliphatic heterocycles. The van der Waals surface area contributed by atoms with E-state index in [-0.39, 0.29) is 50.0 Å². The number of ether oxygens (including phenoxy) is 1. The van der Waals surface area contributed by atoms with Crippen LogP contribution in [0.15, 0.2) is 18.2 Å². The normalized spacial score (nSPS) is 10.9. The van der Waals surface area contributed by atoms with E-state index in [2.05, 4.69) is 16.5 Å². The Labute approximate surface area is 244 Å². The molecule has 226 valence electrons. The van der Waals surface area contributed by atoms with Crippen LogP contribution in [-0.2, 0) is 22.6 Å². The lowest BCUT2D eigenvalue weighted by Gasteiger charge is -2.15. The van der Waals surface area contributed by atoms with Crippen LogP contribution in [0.4, 0.5) is 5.82 Å². The number of benzene rings is 1. The van der Waals surface area contributed by atoms with E-state index in [4.69, 9.17) is 20.6 Å². The number of Topliss-reactive ketones (excluding diaryl/α,β-unsaturated/α-hetero) is 2. The minimum Gasteiger partial charge on any atom is -0.494 e. The highest BCUT2D eigenvalue weighted by atomic mass is 35.5. The fourth-order valence-electron chi connectivity index (χ4n) is 3.96. The summed E-state index contributed by atoms with van der Waals surface area (Å²) < 4.78 is 7.81. The van der Waals surface area contributed by atoms with Gasteiger partial charge in [0.25, 0.3) is 0 Å². The zero-order valence-corrected chi connectivity index (χ0v) is 24.8. The summed E-state index contributed by atoms with van der Waals surface area (Å²) in [6.07, 6.45) is 5.25. The number of aliphatic hydroxyl groups excluding tert-OH is 2. The molecule has 0 spiro atoms. The standard InChI is InChI=1S/C20H28N4O3.C9H16O2.CH4.ClH/c1-2-3-6-17-23-18-19(24(17)9-11-26)15-8-7-14(27-12-5-4-10-25)13-16(15)22-20(18)21;1-7(10)5-6-8(11)9(2,3)4;;/h7-8,13,25-26H,2-6,9-12H2,1H3,(H2,21,22);5-6H2,1-4H3;1H4;1H. The second-order valence-electron chi connectivity index (χ2n) is 10.5. The number of nitrogen functional groups attached to an aromatic ring is 1. The van der Waals surface area contributed by atoms with Gasteiger partial charge in [0.1, 0.15) is 28.7 Å². The monoisotopic (exact) mass is 580 g/mol. The number of halogens is 1. The second kappa shape index (κ2) is 17.8. The van der Waals surface area contributed by atoms with E-state index >= 15 is 0 Å². The number of hydrogen-bond acceptors (Lipinski definition) is 8. The molecule has 0 radical (unpaired) electrons. The number of unbranched alkanes of at least 4 members (excludes halogenated alkanes) is 2. The van der Waals surface area contributed by atoms with E-state index in [9.17, 15) is 14.7 Å². The van der Waals surface area contributed by atoms with Gasteiger partial charge in [-0.25, -0.2) is 9.97 Å². The predicted octanol–water partition coefficient (Wildman–Crippen LogP) is 5.68. The minimum absolute atomic E-state index is 0. The Kier molecular flexibility index (Phi) is 16.6. The van der Waals surface area contributed by atoms with Gasteiger partial charge in [-0.15, -0.1) is 12.4 Å². The van der Waals surface area contributed by atoms with Crippen LogP contribution < -0.4 is 10.5 Å². The Morgan fingerprint density at radius 3 is 2.33 bits per heavy atom. The number of ketones is 2. The number of aromatic nitrogens is 3. The van der Waals surface area contributed by atoms with Crippen LogP contribution >= 0.6 is 12.4 Å². The molecule has 3 rings (SSSR count). The van der Waals surface area contributed by atoms with Crippen LogP contribution in [0, 0.1) is 5.41 Å². The molecule has 40 heavy (non-hydrogen) atoms. The number of anilines is 1. The lowest BCUT2D eigenvalue weighted by atomic mass is 9.88. The smallest absolute Gasteiger partial charge is 0.152 e. The largest absolute Gasteiger partial charge is 0.494 e. The maximum Gasteiger partial charge on any atom is 0.152 e. The Bertz CT molecular complexity index is 1220. The van der Waals surface area contributed by atoms with Gasteiger partial charge in [-0.1, -0.05) is 41.5 Å². The molecule has 0 saturated heterocycles. The highest BCUT2D eigenvalue weighted by Crippen LogP contribution is 2.31. The summed E-state index contributed by atoms with van der Waals surface area (Å²) in [7, 11) is 0. The van der Waals surface area contributed by atoms with Gasteiger partial charge in [-0.2, -0.15) is 0 Å². The average Bonchev–Trinajstić information content (AvgIpc) is 3.23. The average molecular weight is 581 g/mol. The van der Waals surface area contributed by atoms with Crippen LogP contribution in [0.2, 0.25) is 0 Å². The van der Waals surface area contributed by atoms with Gasteiger partial charge in [-0.05, 0) is 38.3 Å². The first-order valence-corrected chi connectivity index (χ1v) is 13.5. The second-order valence-corrected chi connectivity index (χ2v) is 10.5. The predicted molar refractivity (Wildman–Crippen MR) is 165 cm³/mol. The van der Waals surface area contributed by atoms with Gasteiger partial charge in [0, 0.05) is 49.3 Å². The molecular weight excluding hydrogens is 532 g/mol. The molecule has 0 fully saturated rings. The molecule has 2 aromatic heterocycles. The summed E-state index contributed by atoms with van der Waals surface area (Å²) in [6.45, 7) is 10.5. The molecule has 0 unspecified atom stereocenters. The molecule has 0 aliphatic carbocycles. The zero-order valence-electron chi connectivity index (χ0n) is 24.0. The highest BCUT2D eigenvalue weighted by molar-refractivity contribution is 6.07. The van der Waals surface area contributed by atoms with Gasteiger partial charge in [0.2, 0.25) is 0 Å². The molecule has 0 amide bonds. The summed E-state index contributed by atoms with van der Waals surface area (Å²) in [6, 6.07) is 5.78. The zero-order chi connectivity index (χ0) is 28.3. The lowest BCUT2D eigenvalue weighted by Crippen LogP contribution is -2.20. The van der Waals surface area contributed by atoms with Gasteiger partial charge in [-0.3, -0.25) is 4.79 Å². The minimum atomic E-state index is -0.296. The number of nitrogens with zero attached hydrogens (tertiary/aromatic N) is 3. The number of hydrogen-bond donors (Lipinski definition) is 3. The number of aliphatic hydroxyl groups is 2. The summed E-state index contributed by atoms with van der Waals surface area (Å²) >= 11 is 0. The van der Waals surface area contributed by atoms with Crippen LogP contribution in [0.3, 0.4) is 0 Å². The lowest BCUT2D eigenvalue weighted by molar-refractivity contribution is -0.128. The molecule has 1 aromatic carbocycles. The van der Waals surface area contributed by atoms with Crippen molar-refractivity contribution in [2.75, 3.05) is 25.6 Å². The van der Waals surface area contributed by atoms with Crippen molar-refractivity contribution in [3.63, 3.8) is 0 Å². The molecule has 4 N–H and O–H groups in total. The number of imidazole rings is 1. The van der Waals surface area contributed by atoms with Crippen molar-refractivity contribution in [2.45, 2.75) is 93.5 Å². The number of fused-ring (bicyclic) bond motifs is 3. The maximum atomic E-state index is 11.2. The van der Waals surface area contributed by atoms with Crippen molar-refractivity contribution in [1.29, 1.82) is 0 Å². The van der Waals surface area contributed by atoms with Crippen molar-refractivity contribution in [3.8, 4) is 5.75 Å². The molecule has 10 heteroatoms. The van der Waals surface area contributed by atoms with Crippen LogP contribution in [0.25, 0.3) is 21.9 Å². The number of aryl methyl sites for hydroxylation is 1. The first-order valence-electron chi connectivity index (χ1n) is 13.5.